The third-order valence-electron chi connectivity index (χ3n) is 3.06. The molecule has 1 heterocycles. The second-order valence-corrected chi connectivity index (χ2v) is 6.16. The Morgan fingerprint density at radius 1 is 1.09 bits per heavy atom. The van der Waals surface area contributed by atoms with E-state index in [0.717, 1.165) is 0 Å². The van der Waals surface area contributed by atoms with Crippen LogP contribution >= 0.6 is 0 Å². The van der Waals surface area contributed by atoms with E-state index in [0.29, 0.717) is 17.2 Å². The lowest BCUT2D eigenvalue weighted by Gasteiger charge is -2.07. The molecule has 0 aliphatic carbocycles. The maximum Gasteiger partial charge on any atom is 0.255 e. The largest absolute Gasteiger partial charge is 0.454 e. The van der Waals surface area contributed by atoms with Crippen LogP contribution in [0.2, 0.25) is 0 Å². The van der Waals surface area contributed by atoms with Crippen molar-refractivity contribution < 1.29 is 22.7 Å². The molecule has 22 heavy (non-hydrogen) atoms. The zero-order chi connectivity index (χ0) is 15.7. The van der Waals surface area contributed by atoms with E-state index in [4.69, 9.17) is 14.6 Å². The molecule has 114 valence electrons. The number of sulfonamides is 1. The average molecular weight is 320 g/mol. The van der Waals surface area contributed by atoms with Crippen LogP contribution in [0.1, 0.15) is 10.4 Å². The van der Waals surface area contributed by atoms with Crippen molar-refractivity contribution in [3.8, 4) is 11.5 Å². The zero-order valence-electron chi connectivity index (χ0n) is 11.3. The first kappa shape index (κ1) is 14.4. The molecule has 1 amide bonds. The molecule has 2 aromatic rings. The molecule has 0 unspecified atom stereocenters. The summed E-state index contributed by atoms with van der Waals surface area (Å²) < 4.78 is 33.0. The number of hydrogen-bond acceptors (Lipinski definition) is 5. The lowest BCUT2D eigenvalue weighted by Crippen LogP contribution is -2.15. The summed E-state index contributed by atoms with van der Waals surface area (Å²) in [6, 6.07) is 10.5. The van der Waals surface area contributed by atoms with Crippen LogP contribution in [-0.4, -0.2) is 21.1 Å². The third-order valence-corrected chi connectivity index (χ3v) is 3.97. The summed E-state index contributed by atoms with van der Waals surface area (Å²) >= 11 is 0. The van der Waals surface area contributed by atoms with Crippen LogP contribution in [0.25, 0.3) is 0 Å². The van der Waals surface area contributed by atoms with E-state index in [2.05, 4.69) is 5.32 Å². The molecule has 1 aliphatic rings. The Morgan fingerprint density at radius 3 is 2.64 bits per heavy atom. The number of carbonyl (C=O) groups is 1. The van der Waals surface area contributed by atoms with Crippen molar-refractivity contribution in [1.82, 2.24) is 0 Å². The molecule has 0 bridgehead atoms. The number of rotatable bonds is 3. The SMILES string of the molecule is NS(=O)(=O)c1cccc(C(=O)Nc2ccc3c(c2)OCO3)c1. The Balaban J connectivity index is 1.83. The molecule has 0 saturated heterocycles. The van der Waals surface area contributed by atoms with Gasteiger partial charge >= 0.3 is 0 Å². The fourth-order valence-corrected chi connectivity index (χ4v) is 2.55. The first-order valence-electron chi connectivity index (χ1n) is 6.27. The Labute approximate surface area is 126 Å². The minimum absolute atomic E-state index is 0.120. The van der Waals surface area contributed by atoms with Gasteiger partial charge in [-0.1, -0.05) is 6.07 Å². The quantitative estimate of drug-likeness (QED) is 0.886. The van der Waals surface area contributed by atoms with E-state index < -0.39 is 15.9 Å². The van der Waals surface area contributed by atoms with Crippen LogP contribution in [0.15, 0.2) is 47.4 Å². The van der Waals surface area contributed by atoms with Gasteiger partial charge in [0.05, 0.1) is 4.90 Å². The highest BCUT2D eigenvalue weighted by Crippen LogP contribution is 2.34. The Kier molecular flexibility index (Phi) is 3.47. The summed E-state index contributed by atoms with van der Waals surface area (Å²) in [5, 5.41) is 7.71. The first-order valence-corrected chi connectivity index (χ1v) is 7.82. The highest BCUT2D eigenvalue weighted by Gasteiger charge is 2.16. The smallest absolute Gasteiger partial charge is 0.255 e. The summed E-state index contributed by atoms with van der Waals surface area (Å²) in [6.07, 6.45) is 0. The molecule has 7 nitrogen and oxygen atoms in total. The molecule has 3 N–H and O–H groups in total. The standard InChI is InChI=1S/C14H12N2O5S/c15-22(18,19)11-3-1-2-9(6-11)14(17)16-10-4-5-12-13(7-10)21-8-20-12/h1-7H,8H2,(H,16,17)(H2,15,18,19). The number of hydrogen-bond donors (Lipinski definition) is 2. The van der Waals surface area contributed by atoms with Gasteiger partial charge < -0.3 is 14.8 Å². The minimum atomic E-state index is -3.86. The number of carbonyl (C=O) groups excluding carboxylic acids is 1. The van der Waals surface area contributed by atoms with Gasteiger partial charge in [0, 0.05) is 17.3 Å². The molecule has 0 aromatic heterocycles. The van der Waals surface area contributed by atoms with Crippen molar-refractivity contribution in [2.45, 2.75) is 4.90 Å². The molecule has 0 radical (unpaired) electrons. The summed E-state index contributed by atoms with van der Waals surface area (Å²) in [7, 11) is -3.86. The van der Waals surface area contributed by atoms with Crippen LogP contribution in [0.5, 0.6) is 11.5 Å². The summed E-state index contributed by atoms with van der Waals surface area (Å²) in [4.78, 5) is 12.1. The lowest BCUT2D eigenvalue weighted by atomic mass is 10.2. The van der Waals surface area contributed by atoms with Gasteiger partial charge in [-0.2, -0.15) is 0 Å². The topological polar surface area (TPSA) is 108 Å². The van der Waals surface area contributed by atoms with E-state index in [-0.39, 0.29) is 17.3 Å². The van der Waals surface area contributed by atoms with Gasteiger partial charge in [0.2, 0.25) is 16.8 Å². The van der Waals surface area contributed by atoms with Gasteiger partial charge in [-0.05, 0) is 30.3 Å². The molecule has 0 saturated carbocycles. The van der Waals surface area contributed by atoms with Gasteiger partial charge in [0.1, 0.15) is 0 Å². The molecule has 8 heteroatoms. The number of anilines is 1. The van der Waals surface area contributed by atoms with Gasteiger partial charge in [-0.25, -0.2) is 13.6 Å². The molecule has 3 rings (SSSR count). The van der Waals surface area contributed by atoms with Crippen molar-refractivity contribution >= 4 is 21.6 Å². The molecular weight excluding hydrogens is 308 g/mol. The second kappa shape index (κ2) is 5.32. The maximum atomic E-state index is 12.2. The number of nitrogens with two attached hydrogens (primary N) is 1. The number of fused-ring (bicyclic) bond motifs is 1. The van der Waals surface area contributed by atoms with Crippen molar-refractivity contribution in [2.24, 2.45) is 5.14 Å². The maximum absolute atomic E-state index is 12.2. The van der Waals surface area contributed by atoms with Crippen LogP contribution in [0.3, 0.4) is 0 Å². The molecule has 1 aliphatic heterocycles. The number of nitrogens with one attached hydrogen (secondary N) is 1. The Bertz CT molecular complexity index is 848. The first-order chi connectivity index (χ1) is 10.4. The number of ether oxygens (including phenoxy) is 2. The van der Waals surface area contributed by atoms with Crippen LogP contribution < -0.4 is 19.9 Å². The predicted octanol–water partition coefficient (Wildman–Crippen LogP) is 1.32. The third kappa shape index (κ3) is 2.87. The number of amides is 1. The molecule has 0 spiro atoms. The number of primary sulfonamides is 1. The van der Waals surface area contributed by atoms with Gasteiger partial charge in [0.25, 0.3) is 5.91 Å². The monoisotopic (exact) mass is 320 g/mol. The van der Waals surface area contributed by atoms with Crippen LogP contribution in [0.4, 0.5) is 5.69 Å². The fraction of sp³-hybridized carbons (Fsp3) is 0.0714. The van der Waals surface area contributed by atoms with E-state index in [1.807, 2.05) is 0 Å². The highest BCUT2D eigenvalue weighted by molar-refractivity contribution is 7.89. The van der Waals surface area contributed by atoms with Gasteiger partial charge in [0.15, 0.2) is 11.5 Å². The number of benzene rings is 2. The summed E-state index contributed by atoms with van der Waals surface area (Å²) in [5.41, 5.74) is 0.694. The predicted molar refractivity (Wildman–Crippen MR) is 78.3 cm³/mol. The Morgan fingerprint density at radius 2 is 1.86 bits per heavy atom. The fourth-order valence-electron chi connectivity index (χ4n) is 1.99. The molecule has 0 atom stereocenters. The van der Waals surface area contributed by atoms with E-state index >= 15 is 0 Å². The normalized spacial score (nSPS) is 13.0. The van der Waals surface area contributed by atoms with Crippen molar-refractivity contribution in [1.29, 1.82) is 0 Å². The average Bonchev–Trinajstić information content (AvgIpc) is 2.94. The molecular formula is C14H12N2O5S. The summed E-state index contributed by atoms with van der Waals surface area (Å²) in [5.74, 6) is 0.690. The van der Waals surface area contributed by atoms with Gasteiger partial charge in [-0.3, -0.25) is 4.79 Å². The second-order valence-electron chi connectivity index (χ2n) is 4.60. The van der Waals surface area contributed by atoms with Crippen LogP contribution in [-0.2, 0) is 10.0 Å². The Hall–Kier alpha value is -2.58. The van der Waals surface area contributed by atoms with Gasteiger partial charge in [-0.15, -0.1) is 0 Å². The highest BCUT2D eigenvalue weighted by atomic mass is 32.2. The van der Waals surface area contributed by atoms with Crippen molar-refractivity contribution in [3.05, 3.63) is 48.0 Å². The minimum Gasteiger partial charge on any atom is -0.454 e. The van der Waals surface area contributed by atoms with Crippen molar-refractivity contribution in [3.63, 3.8) is 0 Å². The van der Waals surface area contributed by atoms with E-state index in [1.165, 1.54) is 24.3 Å². The zero-order valence-corrected chi connectivity index (χ0v) is 12.1. The summed E-state index contributed by atoms with van der Waals surface area (Å²) in [6.45, 7) is 0.142. The van der Waals surface area contributed by atoms with E-state index in [9.17, 15) is 13.2 Å². The molecule has 0 fully saturated rings. The molecule has 2 aromatic carbocycles. The van der Waals surface area contributed by atoms with Crippen LogP contribution in [0, 0.1) is 0 Å². The van der Waals surface area contributed by atoms with E-state index in [1.54, 1.807) is 18.2 Å². The van der Waals surface area contributed by atoms with Crippen molar-refractivity contribution in [2.75, 3.05) is 12.1 Å². The lowest BCUT2D eigenvalue weighted by molar-refractivity contribution is 0.102.